The number of para-hydroxylation sites is 1. The molecule has 26 heavy (non-hydrogen) atoms. The van der Waals surface area contributed by atoms with Gasteiger partial charge >= 0.3 is 0 Å². The molecule has 1 heterocycles. The normalized spacial score (nSPS) is 20.3. The van der Waals surface area contributed by atoms with Crippen molar-refractivity contribution in [1.82, 2.24) is 4.90 Å². The first kappa shape index (κ1) is 18.6. The number of nitrogens with one attached hydrogen (secondary N) is 1. The number of rotatable bonds is 6. The number of amides is 1. The molecule has 4 nitrogen and oxygen atoms in total. The maximum atomic E-state index is 12.7. The number of aryl methyl sites for hydroxylation is 2. The summed E-state index contributed by atoms with van der Waals surface area (Å²) in [5.41, 5.74) is 11.0. The van der Waals surface area contributed by atoms with Gasteiger partial charge < -0.3 is 11.1 Å². The molecule has 3 rings (SSSR count). The van der Waals surface area contributed by atoms with Crippen LogP contribution in [0.4, 0.5) is 5.69 Å². The third-order valence-corrected chi connectivity index (χ3v) is 5.30. The van der Waals surface area contributed by atoms with Gasteiger partial charge in [0.1, 0.15) is 0 Å². The van der Waals surface area contributed by atoms with E-state index in [1.807, 2.05) is 18.2 Å². The molecule has 0 radical (unpaired) electrons. The molecule has 0 aromatic heterocycles. The van der Waals surface area contributed by atoms with Crippen LogP contribution in [0.2, 0.25) is 0 Å². The Bertz CT molecular complexity index is 722. The van der Waals surface area contributed by atoms with Crippen molar-refractivity contribution in [3.63, 3.8) is 0 Å². The summed E-state index contributed by atoms with van der Waals surface area (Å²) in [7, 11) is 0. The molecule has 3 N–H and O–H groups in total. The molecule has 1 saturated heterocycles. The highest BCUT2D eigenvalue weighted by Gasteiger charge is 2.32. The lowest BCUT2D eigenvalue weighted by Gasteiger charge is -2.18. The monoisotopic (exact) mass is 351 g/mol. The van der Waals surface area contributed by atoms with Gasteiger partial charge in [0.05, 0.1) is 6.54 Å². The molecule has 0 bridgehead atoms. The number of nitrogens with zero attached hydrogens (tertiary/aromatic N) is 1. The lowest BCUT2D eigenvalue weighted by molar-refractivity contribution is -0.117. The van der Waals surface area contributed by atoms with Gasteiger partial charge in [-0.3, -0.25) is 9.69 Å². The van der Waals surface area contributed by atoms with Crippen LogP contribution in [0.1, 0.15) is 36.5 Å². The first-order valence-electron chi connectivity index (χ1n) is 9.55. The van der Waals surface area contributed by atoms with Gasteiger partial charge in [0.2, 0.25) is 5.91 Å². The van der Waals surface area contributed by atoms with Gasteiger partial charge in [0.25, 0.3) is 0 Å². The van der Waals surface area contributed by atoms with E-state index in [1.165, 1.54) is 16.7 Å². The molecule has 1 aliphatic rings. The van der Waals surface area contributed by atoms with Crippen molar-refractivity contribution in [1.29, 1.82) is 0 Å². The minimum absolute atomic E-state index is 0.0431. The van der Waals surface area contributed by atoms with Gasteiger partial charge in [-0.05, 0) is 29.5 Å². The second-order valence-electron chi connectivity index (χ2n) is 7.08. The Labute approximate surface area is 156 Å². The Morgan fingerprint density at radius 1 is 1.04 bits per heavy atom. The summed E-state index contributed by atoms with van der Waals surface area (Å²) in [6.07, 6.45) is 1.82. The third-order valence-electron chi connectivity index (χ3n) is 5.30. The predicted octanol–water partition coefficient (Wildman–Crippen LogP) is 3.18. The lowest BCUT2D eigenvalue weighted by atomic mass is 9.95. The molecule has 1 aliphatic heterocycles. The van der Waals surface area contributed by atoms with Gasteiger partial charge in [-0.25, -0.2) is 0 Å². The summed E-state index contributed by atoms with van der Waals surface area (Å²) in [6.45, 7) is 6.21. The van der Waals surface area contributed by atoms with E-state index in [4.69, 9.17) is 5.73 Å². The highest BCUT2D eigenvalue weighted by molar-refractivity contribution is 5.93. The Morgan fingerprint density at radius 3 is 2.31 bits per heavy atom. The quantitative estimate of drug-likeness (QED) is 0.840. The lowest BCUT2D eigenvalue weighted by Crippen LogP contribution is -2.34. The minimum atomic E-state index is 0.0431. The topological polar surface area (TPSA) is 58.4 Å². The van der Waals surface area contributed by atoms with Crippen molar-refractivity contribution in [3.8, 4) is 0 Å². The van der Waals surface area contributed by atoms with Crippen molar-refractivity contribution >= 4 is 11.6 Å². The number of likely N-dealkylation sites (tertiary alicyclic amines) is 1. The first-order valence-corrected chi connectivity index (χ1v) is 9.55. The van der Waals surface area contributed by atoms with Gasteiger partial charge in [-0.2, -0.15) is 0 Å². The van der Waals surface area contributed by atoms with E-state index < -0.39 is 0 Å². The minimum Gasteiger partial charge on any atom is -0.326 e. The van der Waals surface area contributed by atoms with Crippen molar-refractivity contribution in [3.05, 3.63) is 65.2 Å². The summed E-state index contributed by atoms with van der Waals surface area (Å²) in [6, 6.07) is 16.7. The van der Waals surface area contributed by atoms with Crippen molar-refractivity contribution in [2.45, 2.75) is 38.6 Å². The molecule has 2 aromatic carbocycles. The number of hydrogen-bond acceptors (Lipinski definition) is 3. The van der Waals surface area contributed by atoms with Crippen LogP contribution < -0.4 is 11.1 Å². The largest absolute Gasteiger partial charge is 0.326 e. The van der Waals surface area contributed by atoms with Crippen LogP contribution in [0, 0.1) is 0 Å². The summed E-state index contributed by atoms with van der Waals surface area (Å²) in [5, 5.41) is 3.16. The van der Waals surface area contributed by atoms with Gasteiger partial charge in [0.15, 0.2) is 0 Å². The summed E-state index contributed by atoms with van der Waals surface area (Å²) in [5.74, 6) is 0.333. The smallest absolute Gasteiger partial charge is 0.238 e. The predicted molar refractivity (Wildman–Crippen MR) is 107 cm³/mol. The highest BCUT2D eigenvalue weighted by atomic mass is 16.2. The zero-order valence-corrected chi connectivity index (χ0v) is 15.7. The van der Waals surface area contributed by atoms with Crippen LogP contribution in [0.3, 0.4) is 0 Å². The molecule has 2 atom stereocenters. The fourth-order valence-electron chi connectivity index (χ4n) is 3.88. The fourth-order valence-corrected chi connectivity index (χ4v) is 3.88. The van der Waals surface area contributed by atoms with Crippen LogP contribution >= 0.6 is 0 Å². The van der Waals surface area contributed by atoms with Crippen LogP contribution in [0.25, 0.3) is 0 Å². The second-order valence-corrected chi connectivity index (χ2v) is 7.08. The molecule has 1 amide bonds. The van der Waals surface area contributed by atoms with Gasteiger partial charge in [-0.1, -0.05) is 62.4 Å². The SMILES string of the molecule is CCc1cccc(CC)c1NC(=O)CN1C[C@@H](N)[C@H](c2ccccc2)C1. The van der Waals surface area contributed by atoms with E-state index in [0.29, 0.717) is 6.54 Å². The third kappa shape index (κ3) is 4.14. The summed E-state index contributed by atoms with van der Waals surface area (Å²) < 4.78 is 0. The molecule has 4 heteroatoms. The molecule has 0 aliphatic carbocycles. The zero-order chi connectivity index (χ0) is 18.5. The number of nitrogens with two attached hydrogens (primary N) is 1. The van der Waals surface area contributed by atoms with E-state index >= 15 is 0 Å². The number of benzene rings is 2. The summed E-state index contributed by atoms with van der Waals surface area (Å²) >= 11 is 0. The molecule has 138 valence electrons. The van der Waals surface area contributed by atoms with Crippen LogP contribution in [-0.4, -0.2) is 36.5 Å². The van der Waals surface area contributed by atoms with E-state index in [9.17, 15) is 4.79 Å². The van der Waals surface area contributed by atoms with Crippen molar-refractivity contribution < 1.29 is 4.79 Å². The molecular formula is C22H29N3O. The van der Waals surface area contributed by atoms with E-state index in [2.05, 4.69) is 54.4 Å². The molecule has 0 unspecified atom stereocenters. The van der Waals surface area contributed by atoms with Crippen molar-refractivity contribution in [2.24, 2.45) is 5.73 Å². The van der Waals surface area contributed by atoms with Crippen LogP contribution in [0.15, 0.2) is 48.5 Å². The van der Waals surface area contributed by atoms with Gasteiger partial charge in [0, 0.05) is 30.7 Å². The molecule has 0 saturated carbocycles. The Kier molecular flexibility index (Phi) is 6.07. The highest BCUT2D eigenvalue weighted by Crippen LogP contribution is 2.27. The standard InChI is InChI=1S/C22H29N3O/c1-3-16-11-8-12-17(4-2)22(16)24-21(26)15-25-13-19(20(23)14-25)18-9-6-5-7-10-18/h5-12,19-20H,3-4,13-15,23H2,1-2H3,(H,24,26)/t19-,20+/m0/s1. The number of carbonyl (C=O) groups excluding carboxylic acids is 1. The van der Waals surface area contributed by atoms with Gasteiger partial charge in [-0.15, -0.1) is 0 Å². The number of hydrogen-bond donors (Lipinski definition) is 2. The maximum absolute atomic E-state index is 12.7. The van der Waals surface area contributed by atoms with E-state index in [0.717, 1.165) is 31.6 Å². The zero-order valence-electron chi connectivity index (χ0n) is 15.7. The molecule has 1 fully saturated rings. The Hall–Kier alpha value is -2.17. The summed E-state index contributed by atoms with van der Waals surface area (Å²) in [4.78, 5) is 14.8. The second kappa shape index (κ2) is 8.47. The van der Waals surface area contributed by atoms with Crippen LogP contribution in [-0.2, 0) is 17.6 Å². The van der Waals surface area contributed by atoms with E-state index in [1.54, 1.807) is 0 Å². The molecular weight excluding hydrogens is 322 g/mol. The molecule has 0 spiro atoms. The van der Waals surface area contributed by atoms with Crippen LogP contribution in [0.5, 0.6) is 0 Å². The fraction of sp³-hybridized carbons (Fsp3) is 0.409. The average Bonchev–Trinajstić information content (AvgIpc) is 3.02. The van der Waals surface area contributed by atoms with E-state index in [-0.39, 0.29) is 17.9 Å². The van der Waals surface area contributed by atoms with Crippen molar-refractivity contribution in [2.75, 3.05) is 25.0 Å². The number of anilines is 1. The molecule has 2 aromatic rings. The maximum Gasteiger partial charge on any atom is 0.238 e. The number of carbonyl (C=O) groups is 1. The Morgan fingerprint density at radius 2 is 1.69 bits per heavy atom. The average molecular weight is 351 g/mol. The first-order chi connectivity index (χ1) is 12.6. The Balaban J connectivity index is 1.65.